The lowest BCUT2D eigenvalue weighted by Gasteiger charge is -2.10. The van der Waals surface area contributed by atoms with Crippen LogP contribution in [0, 0.1) is 6.92 Å². The van der Waals surface area contributed by atoms with Gasteiger partial charge in [0.1, 0.15) is 12.4 Å². The van der Waals surface area contributed by atoms with E-state index in [0.29, 0.717) is 6.61 Å². The molecule has 0 unspecified atom stereocenters. The minimum atomic E-state index is 0.526. The van der Waals surface area contributed by atoms with E-state index in [1.165, 1.54) is 11.8 Å². The molecule has 0 aliphatic rings. The van der Waals surface area contributed by atoms with E-state index in [2.05, 4.69) is 40.1 Å². The fraction of sp³-hybridized carbons (Fsp3) is 0.133. The Balaban J connectivity index is 2.10. The number of hydrogen-bond acceptors (Lipinski definition) is 3. The summed E-state index contributed by atoms with van der Waals surface area (Å²) in [6, 6.07) is 13.6. The van der Waals surface area contributed by atoms with Crippen LogP contribution in [-0.4, -0.2) is 11.4 Å². The van der Waals surface area contributed by atoms with Gasteiger partial charge in [-0.2, -0.15) is 0 Å². The fourth-order valence-electron chi connectivity index (χ4n) is 1.71. The summed E-state index contributed by atoms with van der Waals surface area (Å²) in [7, 11) is 0. The first kappa shape index (κ1) is 13.6. The lowest BCUT2D eigenvalue weighted by molar-refractivity contribution is 0.303. The summed E-state index contributed by atoms with van der Waals surface area (Å²) < 4.78 is 6.61. The number of ether oxygens (including phenoxy) is 1. The molecule has 98 valence electrons. The summed E-state index contributed by atoms with van der Waals surface area (Å²) in [6.07, 6.45) is 1.37. The first-order chi connectivity index (χ1) is 9.20. The molecule has 2 rings (SSSR count). The van der Waals surface area contributed by atoms with E-state index in [0.717, 1.165) is 21.3 Å². The number of benzene rings is 2. The number of aryl methyl sites for hydroxylation is 1. The number of rotatable bonds is 4. The highest BCUT2D eigenvalue weighted by atomic mass is 79.9. The van der Waals surface area contributed by atoms with Gasteiger partial charge in [-0.1, -0.05) is 29.4 Å². The van der Waals surface area contributed by atoms with Crippen molar-refractivity contribution in [1.29, 1.82) is 0 Å². The monoisotopic (exact) mass is 319 g/mol. The molecule has 4 heteroatoms. The van der Waals surface area contributed by atoms with Crippen LogP contribution in [0.4, 0.5) is 0 Å². The maximum Gasteiger partial charge on any atom is 0.134 e. The van der Waals surface area contributed by atoms with Gasteiger partial charge >= 0.3 is 0 Å². The van der Waals surface area contributed by atoms with E-state index in [-0.39, 0.29) is 0 Å². The number of hydrogen-bond donors (Lipinski definition) is 1. The van der Waals surface area contributed by atoms with Gasteiger partial charge in [0.05, 0.1) is 10.7 Å². The summed E-state index contributed by atoms with van der Waals surface area (Å²) in [4.78, 5) is 0. The van der Waals surface area contributed by atoms with Gasteiger partial charge in [0.2, 0.25) is 0 Å². The molecule has 0 aliphatic heterocycles. The number of nitrogens with zero attached hydrogens (tertiary/aromatic N) is 1. The lowest BCUT2D eigenvalue weighted by atomic mass is 10.1. The third-order valence-electron chi connectivity index (χ3n) is 2.81. The van der Waals surface area contributed by atoms with E-state index in [4.69, 9.17) is 9.94 Å². The molecule has 2 aromatic carbocycles. The van der Waals surface area contributed by atoms with E-state index in [1.807, 2.05) is 30.3 Å². The summed E-state index contributed by atoms with van der Waals surface area (Å²) >= 11 is 3.44. The molecular weight excluding hydrogens is 306 g/mol. The van der Waals surface area contributed by atoms with Gasteiger partial charge in [-0.25, -0.2) is 0 Å². The normalized spacial score (nSPS) is 10.8. The van der Waals surface area contributed by atoms with Gasteiger partial charge in [0.15, 0.2) is 0 Å². The Kier molecular flexibility index (Phi) is 4.58. The van der Waals surface area contributed by atoms with Gasteiger partial charge in [0, 0.05) is 0 Å². The van der Waals surface area contributed by atoms with E-state index >= 15 is 0 Å². The van der Waals surface area contributed by atoms with Crippen LogP contribution in [0.15, 0.2) is 52.1 Å². The van der Waals surface area contributed by atoms with Gasteiger partial charge in [-0.05, 0) is 57.7 Å². The molecule has 3 nitrogen and oxygen atoms in total. The number of halogens is 1. The van der Waals surface area contributed by atoms with Crippen LogP contribution in [0.3, 0.4) is 0 Å². The zero-order valence-electron chi connectivity index (χ0n) is 10.5. The molecule has 0 heterocycles. The molecule has 0 aromatic heterocycles. The van der Waals surface area contributed by atoms with Crippen molar-refractivity contribution in [3.05, 3.63) is 63.6 Å². The van der Waals surface area contributed by atoms with Crippen molar-refractivity contribution in [1.82, 2.24) is 0 Å². The van der Waals surface area contributed by atoms with Gasteiger partial charge < -0.3 is 9.94 Å². The Morgan fingerprint density at radius 2 is 2.05 bits per heavy atom. The Hall–Kier alpha value is -1.81. The lowest BCUT2D eigenvalue weighted by Crippen LogP contribution is -1.98. The average molecular weight is 320 g/mol. The third-order valence-corrected chi connectivity index (χ3v) is 3.43. The van der Waals surface area contributed by atoms with Crippen molar-refractivity contribution in [2.75, 3.05) is 0 Å². The highest BCUT2D eigenvalue weighted by Crippen LogP contribution is 2.26. The van der Waals surface area contributed by atoms with Crippen molar-refractivity contribution in [3.8, 4) is 5.75 Å². The van der Waals surface area contributed by atoms with Crippen molar-refractivity contribution in [2.24, 2.45) is 5.16 Å². The van der Waals surface area contributed by atoms with E-state index in [1.54, 1.807) is 0 Å². The Morgan fingerprint density at radius 1 is 1.26 bits per heavy atom. The number of oxime groups is 1. The third kappa shape index (κ3) is 3.58. The van der Waals surface area contributed by atoms with Gasteiger partial charge in [0.25, 0.3) is 0 Å². The second-order valence-corrected chi connectivity index (χ2v) is 5.00. The molecule has 0 fully saturated rings. The first-order valence-electron chi connectivity index (χ1n) is 5.85. The molecular formula is C15H14BrNO2. The molecule has 0 amide bonds. The summed E-state index contributed by atoms with van der Waals surface area (Å²) in [5, 5.41) is 11.5. The van der Waals surface area contributed by atoms with Crippen LogP contribution in [0.2, 0.25) is 0 Å². The molecule has 0 radical (unpaired) electrons. The quantitative estimate of drug-likeness (QED) is 0.522. The highest BCUT2D eigenvalue weighted by Gasteiger charge is 2.03. The molecule has 0 aliphatic carbocycles. The standard InChI is InChI=1S/C15H14BrNO2/c1-11-4-2-3-5-13(11)10-19-15-7-6-12(9-17-18)8-14(15)16/h2-9,18H,10H2,1H3/b17-9-. The van der Waals surface area contributed by atoms with E-state index < -0.39 is 0 Å². The van der Waals surface area contributed by atoms with Crippen molar-refractivity contribution in [3.63, 3.8) is 0 Å². The molecule has 0 atom stereocenters. The van der Waals surface area contributed by atoms with Gasteiger partial charge in [-0.3, -0.25) is 0 Å². The first-order valence-corrected chi connectivity index (χ1v) is 6.64. The predicted octanol–water partition coefficient (Wildman–Crippen LogP) is 4.14. The summed E-state index contributed by atoms with van der Waals surface area (Å²) in [5.74, 6) is 0.762. The van der Waals surface area contributed by atoms with Gasteiger partial charge in [-0.15, -0.1) is 0 Å². The maximum atomic E-state index is 8.49. The molecule has 1 N–H and O–H groups in total. The Labute approximate surface area is 120 Å². The minimum absolute atomic E-state index is 0.526. The second-order valence-electron chi connectivity index (χ2n) is 4.15. The highest BCUT2D eigenvalue weighted by molar-refractivity contribution is 9.10. The Bertz CT molecular complexity index is 596. The average Bonchev–Trinajstić information content (AvgIpc) is 2.40. The predicted molar refractivity (Wildman–Crippen MR) is 79.0 cm³/mol. The SMILES string of the molecule is Cc1ccccc1COc1ccc(/C=N\O)cc1Br. The zero-order valence-corrected chi connectivity index (χ0v) is 12.1. The van der Waals surface area contributed by atoms with Crippen molar-refractivity contribution in [2.45, 2.75) is 13.5 Å². The van der Waals surface area contributed by atoms with Crippen LogP contribution in [0.25, 0.3) is 0 Å². The maximum absolute atomic E-state index is 8.49. The molecule has 0 saturated carbocycles. The smallest absolute Gasteiger partial charge is 0.134 e. The second kappa shape index (κ2) is 6.38. The molecule has 2 aromatic rings. The van der Waals surface area contributed by atoms with Crippen LogP contribution < -0.4 is 4.74 Å². The van der Waals surface area contributed by atoms with Crippen LogP contribution >= 0.6 is 15.9 Å². The van der Waals surface area contributed by atoms with Crippen LogP contribution in [-0.2, 0) is 6.61 Å². The Morgan fingerprint density at radius 3 is 2.74 bits per heavy atom. The topological polar surface area (TPSA) is 41.8 Å². The molecule has 0 saturated heterocycles. The van der Waals surface area contributed by atoms with Crippen molar-refractivity contribution < 1.29 is 9.94 Å². The largest absolute Gasteiger partial charge is 0.488 e. The zero-order chi connectivity index (χ0) is 13.7. The molecule has 0 spiro atoms. The van der Waals surface area contributed by atoms with Crippen LogP contribution in [0.5, 0.6) is 5.75 Å². The van der Waals surface area contributed by atoms with E-state index in [9.17, 15) is 0 Å². The fourth-order valence-corrected chi connectivity index (χ4v) is 2.22. The molecule has 19 heavy (non-hydrogen) atoms. The van der Waals surface area contributed by atoms with Crippen LogP contribution in [0.1, 0.15) is 16.7 Å². The minimum Gasteiger partial charge on any atom is -0.488 e. The summed E-state index contributed by atoms with van der Waals surface area (Å²) in [6.45, 7) is 2.59. The summed E-state index contributed by atoms with van der Waals surface area (Å²) in [5.41, 5.74) is 3.18. The van der Waals surface area contributed by atoms with Crippen molar-refractivity contribution >= 4 is 22.1 Å². The molecule has 0 bridgehead atoms.